The van der Waals surface area contributed by atoms with Crippen molar-refractivity contribution < 1.29 is 0 Å². The van der Waals surface area contributed by atoms with Gasteiger partial charge >= 0.3 is 0 Å². The fourth-order valence-corrected chi connectivity index (χ4v) is 2.92. The van der Waals surface area contributed by atoms with Gasteiger partial charge in [0, 0.05) is 30.9 Å². The molecule has 1 N–H and O–H groups in total. The Morgan fingerprint density at radius 2 is 2.05 bits per heavy atom. The van der Waals surface area contributed by atoms with E-state index in [1.54, 1.807) is 0 Å². The van der Waals surface area contributed by atoms with Crippen LogP contribution in [0.3, 0.4) is 0 Å². The van der Waals surface area contributed by atoms with E-state index < -0.39 is 0 Å². The number of aromatic nitrogens is 1. The van der Waals surface area contributed by atoms with Crippen molar-refractivity contribution in [2.75, 3.05) is 6.54 Å². The molecule has 2 heterocycles. The van der Waals surface area contributed by atoms with Gasteiger partial charge in [0.1, 0.15) is 0 Å². The lowest BCUT2D eigenvalue weighted by Crippen LogP contribution is -2.39. The summed E-state index contributed by atoms with van der Waals surface area (Å²) in [5.74, 6) is 0.870. The van der Waals surface area contributed by atoms with Crippen molar-refractivity contribution in [1.82, 2.24) is 15.2 Å². The predicted molar refractivity (Wildman–Crippen MR) is 89.1 cm³/mol. The smallest absolute Gasteiger partial charge is 0.0544 e. The second-order valence-corrected chi connectivity index (χ2v) is 7.71. The Kier molecular flexibility index (Phi) is 5.39. The van der Waals surface area contributed by atoms with Crippen molar-refractivity contribution in [2.45, 2.75) is 72.1 Å². The number of likely N-dealkylation sites (tertiary alicyclic amines) is 1. The third kappa shape index (κ3) is 5.40. The number of hydrogen-bond donors (Lipinski definition) is 1. The minimum absolute atomic E-state index is 0.151. The molecule has 1 aromatic rings. The molecule has 1 saturated heterocycles. The molecular formula is C18H31N3. The minimum Gasteiger partial charge on any atom is -0.308 e. The number of pyridine rings is 1. The zero-order chi connectivity index (χ0) is 15.5. The number of hydrogen-bond acceptors (Lipinski definition) is 3. The maximum absolute atomic E-state index is 4.65. The molecule has 1 aromatic heterocycles. The summed E-state index contributed by atoms with van der Waals surface area (Å²) in [5.41, 5.74) is 2.60. The van der Waals surface area contributed by atoms with Crippen LogP contribution in [-0.4, -0.2) is 28.0 Å². The molecular weight excluding hydrogens is 258 g/mol. The van der Waals surface area contributed by atoms with Gasteiger partial charge in [-0.2, -0.15) is 0 Å². The van der Waals surface area contributed by atoms with Crippen molar-refractivity contribution in [3.8, 4) is 0 Å². The van der Waals surface area contributed by atoms with Crippen molar-refractivity contribution >= 4 is 0 Å². The van der Waals surface area contributed by atoms with Gasteiger partial charge in [-0.05, 0) is 64.6 Å². The zero-order valence-corrected chi connectivity index (χ0v) is 14.3. The SMILES string of the molecule is CC1CCN(Cc2ccc(CNC(C)(C)C)cn2)C(C)C1. The van der Waals surface area contributed by atoms with Crippen LogP contribution in [-0.2, 0) is 13.1 Å². The predicted octanol–water partition coefficient (Wildman–Crippen LogP) is 3.59. The van der Waals surface area contributed by atoms with E-state index in [1.807, 2.05) is 6.20 Å². The van der Waals surface area contributed by atoms with Gasteiger partial charge in [0.15, 0.2) is 0 Å². The lowest BCUT2D eigenvalue weighted by atomic mass is 9.93. The quantitative estimate of drug-likeness (QED) is 0.918. The summed E-state index contributed by atoms with van der Waals surface area (Å²) in [6.07, 6.45) is 4.65. The molecule has 0 amide bonds. The van der Waals surface area contributed by atoms with E-state index in [4.69, 9.17) is 0 Å². The fourth-order valence-electron chi connectivity index (χ4n) is 2.92. The third-order valence-corrected chi connectivity index (χ3v) is 4.35. The van der Waals surface area contributed by atoms with E-state index in [9.17, 15) is 0 Å². The van der Waals surface area contributed by atoms with E-state index in [0.29, 0.717) is 6.04 Å². The molecule has 2 atom stereocenters. The Morgan fingerprint density at radius 3 is 2.62 bits per heavy atom. The van der Waals surface area contributed by atoms with E-state index in [2.05, 4.69) is 62.0 Å². The molecule has 0 radical (unpaired) electrons. The van der Waals surface area contributed by atoms with Crippen LogP contribution in [0.4, 0.5) is 0 Å². The molecule has 0 spiro atoms. The molecule has 0 bridgehead atoms. The standard InChI is InChI=1S/C18H31N3/c1-14-8-9-21(15(2)10-14)13-17-7-6-16(11-19-17)12-20-18(3,4)5/h6-7,11,14-15,20H,8-10,12-13H2,1-5H3. The second-order valence-electron chi connectivity index (χ2n) is 7.71. The monoisotopic (exact) mass is 289 g/mol. The average Bonchev–Trinajstić information content (AvgIpc) is 2.40. The first-order valence-corrected chi connectivity index (χ1v) is 8.26. The summed E-state index contributed by atoms with van der Waals surface area (Å²) >= 11 is 0. The lowest BCUT2D eigenvalue weighted by molar-refractivity contribution is 0.120. The highest BCUT2D eigenvalue weighted by atomic mass is 15.2. The maximum atomic E-state index is 4.65. The van der Waals surface area contributed by atoms with Crippen molar-refractivity contribution in [1.29, 1.82) is 0 Å². The molecule has 1 fully saturated rings. The Morgan fingerprint density at radius 1 is 1.29 bits per heavy atom. The van der Waals surface area contributed by atoms with Gasteiger partial charge in [0.25, 0.3) is 0 Å². The molecule has 1 aliphatic heterocycles. The highest BCUT2D eigenvalue weighted by Crippen LogP contribution is 2.23. The molecule has 118 valence electrons. The first-order valence-electron chi connectivity index (χ1n) is 8.26. The van der Waals surface area contributed by atoms with Gasteiger partial charge in [-0.3, -0.25) is 9.88 Å². The van der Waals surface area contributed by atoms with E-state index >= 15 is 0 Å². The van der Waals surface area contributed by atoms with Crippen molar-refractivity contribution in [2.24, 2.45) is 5.92 Å². The summed E-state index contributed by atoms with van der Waals surface area (Å²) < 4.78 is 0. The van der Waals surface area contributed by atoms with E-state index in [1.165, 1.54) is 30.6 Å². The second kappa shape index (κ2) is 6.89. The number of piperidine rings is 1. The number of rotatable bonds is 4. The fraction of sp³-hybridized carbons (Fsp3) is 0.722. The van der Waals surface area contributed by atoms with Crippen LogP contribution in [0, 0.1) is 5.92 Å². The Bertz CT molecular complexity index is 433. The normalized spacial score (nSPS) is 24.2. The maximum Gasteiger partial charge on any atom is 0.0544 e. The minimum atomic E-state index is 0.151. The third-order valence-electron chi connectivity index (χ3n) is 4.35. The molecule has 0 aromatic carbocycles. The molecule has 2 unspecified atom stereocenters. The molecule has 3 nitrogen and oxygen atoms in total. The van der Waals surface area contributed by atoms with Crippen LogP contribution in [0.1, 0.15) is 58.7 Å². The van der Waals surface area contributed by atoms with Crippen LogP contribution >= 0.6 is 0 Å². The number of nitrogens with one attached hydrogen (secondary N) is 1. The Balaban J connectivity index is 1.87. The summed E-state index contributed by atoms with van der Waals surface area (Å²) in [6.45, 7) is 14.3. The molecule has 1 aliphatic rings. The van der Waals surface area contributed by atoms with Gasteiger partial charge in [-0.15, -0.1) is 0 Å². The topological polar surface area (TPSA) is 28.2 Å². The summed E-state index contributed by atoms with van der Waals surface area (Å²) in [5, 5.41) is 3.50. The zero-order valence-electron chi connectivity index (χ0n) is 14.3. The van der Waals surface area contributed by atoms with Gasteiger partial charge < -0.3 is 5.32 Å². The van der Waals surface area contributed by atoms with Crippen LogP contribution in [0.15, 0.2) is 18.3 Å². The van der Waals surface area contributed by atoms with Crippen LogP contribution in [0.5, 0.6) is 0 Å². The van der Waals surface area contributed by atoms with Crippen molar-refractivity contribution in [3.63, 3.8) is 0 Å². The van der Waals surface area contributed by atoms with Gasteiger partial charge in [-0.25, -0.2) is 0 Å². The van der Waals surface area contributed by atoms with Crippen LogP contribution < -0.4 is 5.32 Å². The molecule has 21 heavy (non-hydrogen) atoms. The highest BCUT2D eigenvalue weighted by Gasteiger charge is 2.22. The molecule has 3 heteroatoms. The summed E-state index contributed by atoms with van der Waals surface area (Å²) in [7, 11) is 0. The summed E-state index contributed by atoms with van der Waals surface area (Å²) in [4.78, 5) is 7.21. The van der Waals surface area contributed by atoms with E-state index in [-0.39, 0.29) is 5.54 Å². The van der Waals surface area contributed by atoms with Crippen molar-refractivity contribution in [3.05, 3.63) is 29.6 Å². The molecule has 0 aliphatic carbocycles. The first kappa shape index (κ1) is 16.4. The molecule has 2 rings (SSSR count). The van der Waals surface area contributed by atoms with Gasteiger partial charge in [-0.1, -0.05) is 13.0 Å². The van der Waals surface area contributed by atoms with E-state index in [0.717, 1.165) is 19.0 Å². The van der Waals surface area contributed by atoms with Gasteiger partial charge in [0.2, 0.25) is 0 Å². The summed E-state index contributed by atoms with van der Waals surface area (Å²) in [6, 6.07) is 5.07. The van der Waals surface area contributed by atoms with Gasteiger partial charge in [0.05, 0.1) is 5.69 Å². The Labute approximate surface area is 130 Å². The lowest BCUT2D eigenvalue weighted by Gasteiger charge is -2.36. The number of nitrogens with zero attached hydrogens (tertiary/aromatic N) is 2. The van der Waals surface area contributed by atoms with Crippen LogP contribution in [0.2, 0.25) is 0 Å². The largest absolute Gasteiger partial charge is 0.308 e. The molecule has 0 saturated carbocycles. The average molecular weight is 289 g/mol. The van der Waals surface area contributed by atoms with Crippen LogP contribution in [0.25, 0.3) is 0 Å². The Hall–Kier alpha value is -0.930. The first-order chi connectivity index (χ1) is 9.83. The highest BCUT2D eigenvalue weighted by molar-refractivity contribution is 5.14.